The number of piperazine rings is 1. The number of benzene rings is 2. The zero-order valence-electron chi connectivity index (χ0n) is 33.8. The number of hydrogen-bond donors (Lipinski definition) is 0. The van der Waals surface area contributed by atoms with Gasteiger partial charge < -0.3 is 24.2 Å². The third-order valence-corrected chi connectivity index (χ3v) is 17.7. The molecule has 11 heteroatoms. The zero-order valence-corrected chi connectivity index (χ0v) is 34.8. The molecular formula is C43H57FN6O3Si. The lowest BCUT2D eigenvalue weighted by molar-refractivity contribution is 0.0240. The van der Waals surface area contributed by atoms with E-state index in [1.54, 1.807) is 11.1 Å². The first-order chi connectivity index (χ1) is 25.6. The Hall–Kier alpha value is -4.27. The first-order valence-electron chi connectivity index (χ1n) is 19.6. The molecular weight excluding hydrogens is 696 g/mol. The van der Waals surface area contributed by atoms with Crippen molar-refractivity contribution in [2.75, 3.05) is 51.3 Å². The first kappa shape index (κ1) is 39.4. The lowest BCUT2D eigenvalue weighted by Gasteiger charge is -2.38. The Bertz CT molecular complexity index is 2030. The van der Waals surface area contributed by atoms with Gasteiger partial charge in [0.05, 0.1) is 5.39 Å². The SMILES string of the molecule is CC(C)[Si](C#Cc1cccc2cccc(-c3ncc4c(N5CCN(C(=O)OC(C)(C)C)CC5)nc(OC[C@@H]5CCCN5C)nc4c3F)c12)(C(C)C)C(C)C. The Labute approximate surface area is 321 Å². The number of likely N-dealkylation sites (N-methyl/N-ethyl adjacent to an activating group) is 1. The van der Waals surface area contributed by atoms with E-state index in [0.29, 0.717) is 66.2 Å². The van der Waals surface area contributed by atoms with Crippen LogP contribution in [-0.2, 0) is 4.74 Å². The van der Waals surface area contributed by atoms with Crippen LogP contribution in [0.3, 0.4) is 0 Å². The minimum absolute atomic E-state index is 0.130. The number of fused-ring (bicyclic) bond motifs is 2. The minimum atomic E-state index is -2.03. The molecule has 1 atom stereocenters. The van der Waals surface area contributed by atoms with Crippen LogP contribution < -0.4 is 9.64 Å². The Morgan fingerprint density at radius 2 is 1.63 bits per heavy atom. The van der Waals surface area contributed by atoms with Crippen LogP contribution in [0.5, 0.6) is 6.01 Å². The molecule has 4 heterocycles. The van der Waals surface area contributed by atoms with E-state index in [2.05, 4.69) is 69.9 Å². The second-order valence-electron chi connectivity index (χ2n) is 16.9. The van der Waals surface area contributed by atoms with Crippen molar-refractivity contribution >= 4 is 41.7 Å². The lowest BCUT2D eigenvalue weighted by atomic mass is 9.97. The van der Waals surface area contributed by atoms with Gasteiger partial charge in [0.1, 0.15) is 37.3 Å². The Kier molecular flexibility index (Phi) is 11.6. The van der Waals surface area contributed by atoms with E-state index in [0.717, 1.165) is 35.7 Å². The van der Waals surface area contributed by atoms with Gasteiger partial charge in [0.2, 0.25) is 0 Å². The topological polar surface area (TPSA) is 83.9 Å². The van der Waals surface area contributed by atoms with Gasteiger partial charge in [-0.05, 0) is 75.3 Å². The number of carbonyl (C=O) groups excluding carboxylic acids is 1. The number of hydrogen-bond acceptors (Lipinski definition) is 8. The molecule has 0 unspecified atom stereocenters. The van der Waals surface area contributed by atoms with Crippen LogP contribution in [0.15, 0.2) is 42.6 Å². The summed E-state index contributed by atoms with van der Waals surface area (Å²) in [6.45, 7) is 22.7. The molecule has 0 bridgehead atoms. The molecule has 9 nitrogen and oxygen atoms in total. The van der Waals surface area contributed by atoms with Gasteiger partial charge in [0, 0.05) is 54.9 Å². The summed E-state index contributed by atoms with van der Waals surface area (Å²) in [6.07, 6.45) is 3.46. The van der Waals surface area contributed by atoms with Gasteiger partial charge >= 0.3 is 12.1 Å². The minimum Gasteiger partial charge on any atom is -0.462 e. The quantitative estimate of drug-likeness (QED) is 0.130. The summed E-state index contributed by atoms with van der Waals surface area (Å²) in [5, 5.41) is 2.35. The highest BCUT2D eigenvalue weighted by Crippen LogP contribution is 2.41. The molecule has 0 N–H and O–H groups in total. The summed E-state index contributed by atoms with van der Waals surface area (Å²) in [4.78, 5) is 33.2. The molecule has 2 aromatic carbocycles. The molecule has 0 saturated carbocycles. The number of halogens is 1. The molecule has 2 aliphatic heterocycles. The first-order valence-corrected chi connectivity index (χ1v) is 21.8. The maximum absolute atomic E-state index is 17.2. The summed E-state index contributed by atoms with van der Waals surface area (Å²) in [5.74, 6) is 3.65. The average Bonchev–Trinajstić information content (AvgIpc) is 3.54. The van der Waals surface area contributed by atoms with E-state index in [4.69, 9.17) is 24.4 Å². The van der Waals surface area contributed by atoms with Crippen LogP contribution in [0.4, 0.5) is 15.0 Å². The molecule has 1 amide bonds. The van der Waals surface area contributed by atoms with E-state index >= 15 is 4.39 Å². The number of amides is 1. The average molecular weight is 753 g/mol. The van der Waals surface area contributed by atoms with Gasteiger partial charge in [-0.15, -0.1) is 5.54 Å². The fourth-order valence-electron chi connectivity index (χ4n) is 8.55. The highest BCUT2D eigenvalue weighted by molar-refractivity contribution is 6.90. The van der Waals surface area contributed by atoms with Crippen LogP contribution in [-0.4, -0.2) is 96.9 Å². The predicted octanol–water partition coefficient (Wildman–Crippen LogP) is 9.08. The number of ether oxygens (including phenoxy) is 2. The van der Waals surface area contributed by atoms with Crippen LogP contribution in [0.1, 0.15) is 80.7 Å². The largest absolute Gasteiger partial charge is 0.462 e. The molecule has 288 valence electrons. The van der Waals surface area contributed by atoms with Crippen LogP contribution in [0, 0.1) is 17.3 Å². The van der Waals surface area contributed by atoms with Gasteiger partial charge in [-0.25, -0.2) is 9.18 Å². The second kappa shape index (κ2) is 15.8. The van der Waals surface area contributed by atoms with Gasteiger partial charge in [-0.2, -0.15) is 9.97 Å². The van der Waals surface area contributed by atoms with Crippen molar-refractivity contribution in [3.8, 4) is 28.7 Å². The Balaban J connectivity index is 1.44. The number of rotatable bonds is 8. The van der Waals surface area contributed by atoms with Crippen molar-refractivity contribution in [2.24, 2.45) is 0 Å². The van der Waals surface area contributed by atoms with Crippen molar-refractivity contribution in [3.05, 3.63) is 54.0 Å². The third kappa shape index (κ3) is 7.92. The molecule has 54 heavy (non-hydrogen) atoms. The Morgan fingerprint density at radius 3 is 2.24 bits per heavy atom. The van der Waals surface area contributed by atoms with E-state index in [-0.39, 0.29) is 29.4 Å². The van der Waals surface area contributed by atoms with Gasteiger partial charge in [0.15, 0.2) is 5.82 Å². The highest BCUT2D eigenvalue weighted by atomic mass is 28.3. The summed E-state index contributed by atoms with van der Waals surface area (Å²) in [5.41, 5.74) is 6.65. The van der Waals surface area contributed by atoms with E-state index in [1.807, 2.05) is 57.2 Å². The maximum atomic E-state index is 17.2. The van der Waals surface area contributed by atoms with Crippen molar-refractivity contribution in [1.82, 2.24) is 24.8 Å². The second-order valence-corrected chi connectivity index (χ2v) is 22.5. The number of pyridine rings is 1. The number of nitrogens with zero attached hydrogens (tertiary/aromatic N) is 6. The molecule has 2 aromatic heterocycles. The highest BCUT2D eigenvalue weighted by Gasteiger charge is 2.42. The van der Waals surface area contributed by atoms with Crippen LogP contribution >= 0.6 is 0 Å². The normalized spacial score (nSPS) is 17.2. The van der Waals surface area contributed by atoms with Crippen molar-refractivity contribution < 1.29 is 18.7 Å². The predicted molar refractivity (Wildman–Crippen MR) is 219 cm³/mol. The van der Waals surface area contributed by atoms with Crippen LogP contribution in [0.25, 0.3) is 32.9 Å². The zero-order chi connectivity index (χ0) is 38.9. The smallest absolute Gasteiger partial charge is 0.410 e. The maximum Gasteiger partial charge on any atom is 0.410 e. The summed E-state index contributed by atoms with van der Waals surface area (Å²) < 4.78 is 29.1. The molecule has 6 rings (SSSR count). The van der Waals surface area contributed by atoms with E-state index in [1.165, 1.54) is 0 Å². The summed E-state index contributed by atoms with van der Waals surface area (Å²) >= 11 is 0. The molecule has 2 aliphatic rings. The fourth-order valence-corrected chi connectivity index (χ4v) is 13.8. The molecule has 2 fully saturated rings. The number of aromatic nitrogens is 3. The molecule has 0 radical (unpaired) electrons. The van der Waals surface area contributed by atoms with Crippen molar-refractivity contribution in [1.29, 1.82) is 0 Å². The standard InChI is InChI=1S/C43H57FN6O3Si/c1-28(2)54(29(3)4,30(5)6)25-19-32-15-11-14-31-16-12-18-34(36(31)32)38-37(44)39-35(26-45-38)40(47-41(46-39)52-27-33-17-13-20-48(33)10)49-21-23-50(24-22-49)42(51)53-43(7,8)9/h11-12,14-16,18,26,28-30,33H,13,17,20-24,27H2,1-10H3/t33-/m0/s1. The molecule has 0 spiro atoms. The molecule has 2 saturated heterocycles. The number of anilines is 1. The van der Waals surface area contributed by atoms with Gasteiger partial charge in [0.25, 0.3) is 0 Å². The fraction of sp³-hybridized carbons (Fsp3) is 0.535. The lowest BCUT2D eigenvalue weighted by Crippen LogP contribution is -2.50. The van der Waals surface area contributed by atoms with Crippen LogP contribution in [0.2, 0.25) is 16.6 Å². The molecule has 0 aliphatic carbocycles. The van der Waals surface area contributed by atoms with Gasteiger partial charge in [-0.1, -0.05) is 77.8 Å². The van der Waals surface area contributed by atoms with E-state index < -0.39 is 19.5 Å². The molecule has 4 aromatic rings. The van der Waals surface area contributed by atoms with Gasteiger partial charge in [-0.3, -0.25) is 4.98 Å². The number of carbonyl (C=O) groups is 1. The summed E-state index contributed by atoms with van der Waals surface area (Å²) in [7, 11) is 0.0596. The Morgan fingerprint density at radius 1 is 0.963 bits per heavy atom. The number of likely N-dealkylation sites (tertiary alicyclic amines) is 1. The van der Waals surface area contributed by atoms with Crippen molar-refractivity contribution in [3.63, 3.8) is 0 Å². The monoisotopic (exact) mass is 752 g/mol. The third-order valence-electron chi connectivity index (χ3n) is 11.4. The van der Waals surface area contributed by atoms with E-state index in [9.17, 15) is 4.79 Å². The summed E-state index contributed by atoms with van der Waals surface area (Å²) in [6, 6.07) is 12.4. The van der Waals surface area contributed by atoms with Crippen molar-refractivity contribution in [2.45, 2.75) is 103 Å².